The second kappa shape index (κ2) is 4.95. The van der Waals surface area contributed by atoms with Gasteiger partial charge in [-0.15, -0.1) is 0 Å². The molecule has 1 aromatic heterocycles. The van der Waals surface area contributed by atoms with Crippen molar-refractivity contribution in [1.29, 1.82) is 0 Å². The van der Waals surface area contributed by atoms with Gasteiger partial charge in [-0.3, -0.25) is 4.79 Å². The number of aromatic amines is 1. The zero-order chi connectivity index (χ0) is 16.2. The molecule has 120 valence electrons. The van der Waals surface area contributed by atoms with Crippen molar-refractivity contribution >= 4 is 22.4 Å². The number of nitrogens with one attached hydrogen (secondary N) is 1. The fourth-order valence-corrected chi connectivity index (χ4v) is 3.59. The Balaban J connectivity index is 1.54. The number of amides is 1. The molecule has 0 saturated heterocycles. The van der Waals surface area contributed by atoms with E-state index in [9.17, 15) is 9.18 Å². The number of fused-ring (bicyclic) bond motifs is 1. The highest BCUT2D eigenvalue weighted by molar-refractivity contribution is 5.93. The molecule has 1 aliphatic heterocycles. The summed E-state index contributed by atoms with van der Waals surface area (Å²) in [5.74, 6) is 0.271. The molecule has 2 aliphatic rings. The molecule has 0 radical (unpaired) electrons. The Kier molecular flexibility index (Phi) is 3.12. The van der Waals surface area contributed by atoms with Crippen molar-refractivity contribution in [2.24, 2.45) is 11.3 Å². The number of hydrogen-bond acceptors (Lipinski definition) is 1. The Morgan fingerprint density at radius 2 is 2.17 bits per heavy atom. The Morgan fingerprint density at radius 1 is 1.39 bits per heavy atom. The number of hydrogen-bond donors (Lipinski definition) is 1. The summed E-state index contributed by atoms with van der Waals surface area (Å²) in [5.41, 5.74) is 3.36. The quantitative estimate of drug-likeness (QED) is 0.895. The lowest BCUT2D eigenvalue weighted by molar-refractivity contribution is -0.132. The van der Waals surface area contributed by atoms with E-state index >= 15 is 0 Å². The minimum Gasteiger partial charge on any atom is -0.360 e. The van der Waals surface area contributed by atoms with Crippen molar-refractivity contribution in [3.63, 3.8) is 0 Å². The van der Waals surface area contributed by atoms with Gasteiger partial charge in [-0.1, -0.05) is 19.9 Å². The number of halogens is 1. The molecule has 1 atom stereocenters. The lowest BCUT2D eigenvalue weighted by atomic mass is 9.98. The molecule has 4 rings (SSSR count). The largest absolute Gasteiger partial charge is 0.360 e. The average molecular weight is 312 g/mol. The van der Waals surface area contributed by atoms with Gasteiger partial charge in [0, 0.05) is 41.7 Å². The van der Waals surface area contributed by atoms with E-state index in [0.29, 0.717) is 12.5 Å². The lowest BCUT2D eigenvalue weighted by Crippen LogP contribution is -2.36. The van der Waals surface area contributed by atoms with Crippen molar-refractivity contribution < 1.29 is 9.18 Å². The third-order valence-corrected chi connectivity index (χ3v) is 5.32. The lowest BCUT2D eigenvalue weighted by Gasteiger charge is -2.27. The molecule has 1 aliphatic carbocycles. The van der Waals surface area contributed by atoms with Crippen LogP contribution in [0.4, 0.5) is 4.39 Å². The highest BCUT2D eigenvalue weighted by atomic mass is 19.1. The zero-order valence-electron chi connectivity index (χ0n) is 13.5. The Hall–Kier alpha value is -2.10. The smallest absolute Gasteiger partial charge is 0.226 e. The number of carbonyl (C=O) groups excluding carboxylic acids is 1. The topological polar surface area (TPSA) is 36.1 Å². The van der Waals surface area contributed by atoms with E-state index in [1.807, 2.05) is 17.2 Å². The summed E-state index contributed by atoms with van der Waals surface area (Å²) >= 11 is 0. The molecular formula is C19H21FN2O. The van der Waals surface area contributed by atoms with E-state index in [2.05, 4.69) is 24.9 Å². The SMILES string of the molecule is CC1(C)C[C@@H]1C(=O)N1CC=C(c2c[nH]c3cc(F)ccc23)CC1. The van der Waals surface area contributed by atoms with Gasteiger partial charge in [-0.25, -0.2) is 4.39 Å². The molecule has 3 nitrogen and oxygen atoms in total. The summed E-state index contributed by atoms with van der Waals surface area (Å²) in [6.45, 7) is 5.76. The van der Waals surface area contributed by atoms with E-state index in [0.717, 1.165) is 35.9 Å². The normalized spacial score (nSPS) is 23.0. The molecule has 1 saturated carbocycles. The summed E-state index contributed by atoms with van der Waals surface area (Å²) in [5, 5.41) is 1.04. The fraction of sp³-hybridized carbons (Fsp3) is 0.421. The maximum Gasteiger partial charge on any atom is 0.226 e. The fourth-order valence-electron chi connectivity index (χ4n) is 3.59. The van der Waals surface area contributed by atoms with Crippen LogP contribution in [-0.2, 0) is 4.79 Å². The summed E-state index contributed by atoms with van der Waals surface area (Å²) in [6.07, 6.45) is 5.94. The van der Waals surface area contributed by atoms with Crippen LogP contribution in [0, 0.1) is 17.2 Å². The molecule has 23 heavy (non-hydrogen) atoms. The maximum absolute atomic E-state index is 13.3. The second-order valence-electron chi connectivity index (χ2n) is 7.40. The maximum atomic E-state index is 13.3. The van der Waals surface area contributed by atoms with Crippen LogP contribution >= 0.6 is 0 Å². The summed E-state index contributed by atoms with van der Waals surface area (Å²) in [4.78, 5) is 17.6. The Labute approximate surface area is 135 Å². The number of carbonyl (C=O) groups is 1. The van der Waals surface area contributed by atoms with E-state index < -0.39 is 0 Å². The van der Waals surface area contributed by atoms with Crippen LogP contribution in [0.15, 0.2) is 30.5 Å². The summed E-state index contributed by atoms with van der Waals surface area (Å²) in [7, 11) is 0. The third-order valence-electron chi connectivity index (χ3n) is 5.32. The van der Waals surface area contributed by atoms with Crippen molar-refractivity contribution in [2.45, 2.75) is 26.7 Å². The van der Waals surface area contributed by atoms with Gasteiger partial charge in [0.05, 0.1) is 0 Å². The predicted octanol–water partition coefficient (Wildman–Crippen LogP) is 3.97. The molecule has 0 bridgehead atoms. The van der Waals surface area contributed by atoms with Gasteiger partial charge in [0.15, 0.2) is 0 Å². The highest BCUT2D eigenvalue weighted by Gasteiger charge is 2.51. The van der Waals surface area contributed by atoms with Crippen LogP contribution < -0.4 is 0 Å². The minimum absolute atomic E-state index is 0.183. The van der Waals surface area contributed by atoms with Crippen LogP contribution in [0.25, 0.3) is 16.5 Å². The molecule has 1 N–H and O–H groups in total. The molecule has 0 spiro atoms. The molecule has 2 heterocycles. The second-order valence-corrected chi connectivity index (χ2v) is 7.40. The van der Waals surface area contributed by atoms with Crippen molar-refractivity contribution in [1.82, 2.24) is 9.88 Å². The van der Waals surface area contributed by atoms with Crippen molar-refractivity contribution in [2.75, 3.05) is 13.1 Å². The average Bonchev–Trinajstić information content (AvgIpc) is 2.98. The van der Waals surface area contributed by atoms with Gasteiger partial charge in [0.25, 0.3) is 0 Å². The Morgan fingerprint density at radius 3 is 2.83 bits per heavy atom. The van der Waals surface area contributed by atoms with E-state index in [-0.39, 0.29) is 17.2 Å². The van der Waals surface area contributed by atoms with E-state index in [4.69, 9.17) is 0 Å². The molecule has 1 amide bonds. The molecular weight excluding hydrogens is 291 g/mol. The monoisotopic (exact) mass is 312 g/mol. The van der Waals surface area contributed by atoms with Gasteiger partial charge >= 0.3 is 0 Å². The van der Waals surface area contributed by atoms with Crippen LogP contribution in [0.3, 0.4) is 0 Å². The number of H-pyrrole nitrogens is 1. The molecule has 0 unspecified atom stereocenters. The van der Waals surface area contributed by atoms with Gasteiger partial charge in [0.1, 0.15) is 5.82 Å². The highest BCUT2D eigenvalue weighted by Crippen LogP contribution is 2.52. The van der Waals surface area contributed by atoms with Crippen molar-refractivity contribution in [3.8, 4) is 0 Å². The number of nitrogens with zero attached hydrogens (tertiary/aromatic N) is 1. The van der Waals surface area contributed by atoms with Crippen LogP contribution in [0.5, 0.6) is 0 Å². The van der Waals surface area contributed by atoms with Gasteiger partial charge < -0.3 is 9.88 Å². The molecule has 4 heteroatoms. The van der Waals surface area contributed by atoms with Crippen LogP contribution in [-0.4, -0.2) is 28.9 Å². The summed E-state index contributed by atoms with van der Waals surface area (Å²) < 4.78 is 13.3. The molecule has 1 fully saturated rings. The van der Waals surface area contributed by atoms with Gasteiger partial charge in [0.2, 0.25) is 5.91 Å². The van der Waals surface area contributed by atoms with Crippen LogP contribution in [0.1, 0.15) is 32.3 Å². The number of rotatable bonds is 2. The first-order chi connectivity index (χ1) is 11.0. The Bertz CT molecular complexity index is 818. The van der Waals surface area contributed by atoms with Gasteiger partial charge in [-0.05, 0) is 42.0 Å². The minimum atomic E-state index is -0.229. The van der Waals surface area contributed by atoms with Crippen molar-refractivity contribution in [3.05, 3.63) is 41.9 Å². The zero-order valence-corrected chi connectivity index (χ0v) is 13.5. The first kappa shape index (κ1) is 14.5. The first-order valence-electron chi connectivity index (χ1n) is 8.20. The van der Waals surface area contributed by atoms with E-state index in [1.54, 1.807) is 0 Å². The third kappa shape index (κ3) is 2.46. The number of benzene rings is 1. The predicted molar refractivity (Wildman–Crippen MR) is 89.3 cm³/mol. The standard InChI is InChI=1S/C19H21FN2O/c1-19(2)10-16(19)18(23)22-7-5-12(6-8-22)15-11-21-17-9-13(20)3-4-14(15)17/h3-5,9,11,16,21H,6-8,10H2,1-2H3/t16-/m1/s1. The van der Waals surface area contributed by atoms with Crippen LogP contribution in [0.2, 0.25) is 0 Å². The first-order valence-corrected chi connectivity index (χ1v) is 8.20. The van der Waals surface area contributed by atoms with Gasteiger partial charge in [-0.2, -0.15) is 0 Å². The molecule has 1 aromatic carbocycles. The number of aromatic nitrogens is 1. The molecule has 2 aromatic rings. The summed E-state index contributed by atoms with van der Waals surface area (Å²) in [6, 6.07) is 4.84. The van der Waals surface area contributed by atoms with E-state index in [1.165, 1.54) is 17.7 Å².